The predicted molar refractivity (Wildman–Crippen MR) is 75.4 cm³/mol. The molecular formula is C15H24N2O2. The molecule has 1 amide bonds. The number of carbonyl (C=O) groups excluding carboxylic acids is 1. The number of likely N-dealkylation sites (tertiary alicyclic amines) is 1. The second-order valence-electron chi connectivity index (χ2n) is 5.35. The van der Waals surface area contributed by atoms with Gasteiger partial charge in [0.05, 0.1) is 5.56 Å². The number of furan rings is 1. The molecule has 2 rings (SSSR count). The first-order valence-corrected chi connectivity index (χ1v) is 7.21. The van der Waals surface area contributed by atoms with Crippen molar-refractivity contribution < 1.29 is 9.21 Å². The van der Waals surface area contributed by atoms with E-state index in [2.05, 4.69) is 12.2 Å². The summed E-state index contributed by atoms with van der Waals surface area (Å²) >= 11 is 0. The van der Waals surface area contributed by atoms with E-state index < -0.39 is 0 Å². The molecule has 106 valence electrons. The summed E-state index contributed by atoms with van der Waals surface area (Å²) in [5, 5.41) is 3.53. The number of carbonyl (C=O) groups is 1. The zero-order valence-corrected chi connectivity index (χ0v) is 12.2. The molecule has 19 heavy (non-hydrogen) atoms. The van der Waals surface area contributed by atoms with Gasteiger partial charge in [0.1, 0.15) is 11.5 Å². The van der Waals surface area contributed by atoms with Crippen molar-refractivity contribution in [2.45, 2.75) is 46.1 Å². The number of amides is 1. The Morgan fingerprint density at radius 2 is 2.11 bits per heavy atom. The van der Waals surface area contributed by atoms with Crippen LogP contribution in [0.5, 0.6) is 0 Å². The third kappa shape index (κ3) is 3.38. The van der Waals surface area contributed by atoms with E-state index in [9.17, 15) is 4.79 Å². The van der Waals surface area contributed by atoms with Crippen LogP contribution in [0.25, 0.3) is 0 Å². The summed E-state index contributed by atoms with van der Waals surface area (Å²) in [6.45, 7) is 8.66. The van der Waals surface area contributed by atoms with Gasteiger partial charge in [-0.05, 0) is 45.7 Å². The lowest BCUT2D eigenvalue weighted by molar-refractivity contribution is 0.0703. The fourth-order valence-corrected chi connectivity index (χ4v) is 2.65. The fourth-order valence-electron chi connectivity index (χ4n) is 2.65. The molecule has 0 atom stereocenters. The van der Waals surface area contributed by atoms with Crippen LogP contribution in [-0.4, -0.2) is 36.5 Å². The van der Waals surface area contributed by atoms with Crippen molar-refractivity contribution in [1.29, 1.82) is 0 Å². The maximum atomic E-state index is 12.4. The first kappa shape index (κ1) is 14.1. The predicted octanol–water partition coefficient (Wildman–Crippen LogP) is 2.50. The van der Waals surface area contributed by atoms with Crippen molar-refractivity contribution in [1.82, 2.24) is 10.2 Å². The maximum Gasteiger partial charge on any atom is 0.257 e. The van der Waals surface area contributed by atoms with Crippen LogP contribution in [0.4, 0.5) is 0 Å². The van der Waals surface area contributed by atoms with Crippen LogP contribution >= 0.6 is 0 Å². The number of aryl methyl sites for hydroxylation is 2. The minimum atomic E-state index is 0.114. The maximum absolute atomic E-state index is 12.4. The lowest BCUT2D eigenvalue weighted by atomic mass is 10.0. The van der Waals surface area contributed by atoms with Crippen molar-refractivity contribution in [2.24, 2.45) is 0 Å². The number of hydrogen-bond donors (Lipinski definition) is 1. The monoisotopic (exact) mass is 264 g/mol. The Morgan fingerprint density at radius 1 is 1.42 bits per heavy atom. The third-order valence-corrected chi connectivity index (χ3v) is 3.74. The number of nitrogens with one attached hydrogen (secondary N) is 1. The van der Waals surface area contributed by atoms with E-state index in [1.807, 2.05) is 24.8 Å². The lowest BCUT2D eigenvalue weighted by Gasteiger charge is -2.32. The summed E-state index contributed by atoms with van der Waals surface area (Å²) < 4.78 is 5.44. The van der Waals surface area contributed by atoms with Gasteiger partial charge in [-0.15, -0.1) is 0 Å². The summed E-state index contributed by atoms with van der Waals surface area (Å²) in [6.07, 6.45) is 3.25. The Morgan fingerprint density at radius 3 is 2.63 bits per heavy atom. The highest BCUT2D eigenvalue weighted by atomic mass is 16.3. The van der Waals surface area contributed by atoms with Crippen molar-refractivity contribution in [3.8, 4) is 0 Å². The highest BCUT2D eigenvalue weighted by molar-refractivity contribution is 5.95. The molecule has 0 aliphatic carbocycles. The molecule has 0 radical (unpaired) electrons. The van der Waals surface area contributed by atoms with Gasteiger partial charge in [0.2, 0.25) is 0 Å². The van der Waals surface area contributed by atoms with E-state index in [-0.39, 0.29) is 5.91 Å². The molecule has 0 saturated carbocycles. The van der Waals surface area contributed by atoms with Gasteiger partial charge in [0.25, 0.3) is 5.91 Å². The summed E-state index contributed by atoms with van der Waals surface area (Å²) in [5.74, 6) is 1.65. The van der Waals surface area contributed by atoms with Gasteiger partial charge in [0.15, 0.2) is 0 Å². The number of nitrogens with zero attached hydrogens (tertiary/aromatic N) is 1. The van der Waals surface area contributed by atoms with Gasteiger partial charge in [-0.1, -0.05) is 6.92 Å². The highest BCUT2D eigenvalue weighted by Crippen LogP contribution is 2.19. The minimum Gasteiger partial charge on any atom is -0.466 e. The summed E-state index contributed by atoms with van der Waals surface area (Å²) in [4.78, 5) is 14.3. The molecular weight excluding hydrogens is 240 g/mol. The van der Waals surface area contributed by atoms with Crippen LogP contribution in [0, 0.1) is 13.8 Å². The third-order valence-electron chi connectivity index (χ3n) is 3.74. The molecule has 2 heterocycles. The van der Waals surface area contributed by atoms with Gasteiger partial charge in [-0.3, -0.25) is 4.79 Å². The Balaban J connectivity index is 1.91. The average molecular weight is 264 g/mol. The zero-order chi connectivity index (χ0) is 13.8. The van der Waals surface area contributed by atoms with Crippen LogP contribution in [0.15, 0.2) is 10.5 Å². The molecule has 0 unspecified atom stereocenters. The Kier molecular flexibility index (Phi) is 4.64. The van der Waals surface area contributed by atoms with Gasteiger partial charge in [0, 0.05) is 19.1 Å². The van der Waals surface area contributed by atoms with Gasteiger partial charge >= 0.3 is 0 Å². The van der Waals surface area contributed by atoms with Crippen LogP contribution in [-0.2, 0) is 0 Å². The second-order valence-corrected chi connectivity index (χ2v) is 5.35. The smallest absolute Gasteiger partial charge is 0.257 e. The quantitative estimate of drug-likeness (QED) is 0.909. The molecule has 1 saturated heterocycles. The summed E-state index contributed by atoms with van der Waals surface area (Å²) in [7, 11) is 0. The van der Waals surface area contributed by atoms with Gasteiger partial charge in [-0.25, -0.2) is 0 Å². The molecule has 4 nitrogen and oxygen atoms in total. The van der Waals surface area contributed by atoms with E-state index in [1.54, 1.807) is 0 Å². The lowest BCUT2D eigenvalue weighted by Crippen LogP contribution is -2.45. The van der Waals surface area contributed by atoms with Crippen molar-refractivity contribution in [3.05, 3.63) is 23.2 Å². The van der Waals surface area contributed by atoms with Crippen LogP contribution in [0.3, 0.4) is 0 Å². The molecule has 1 aliphatic rings. The molecule has 0 aromatic carbocycles. The normalized spacial score (nSPS) is 16.9. The molecule has 1 aromatic heterocycles. The second kappa shape index (κ2) is 6.24. The van der Waals surface area contributed by atoms with Crippen LogP contribution in [0.2, 0.25) is 0 Å². The highest BCUT2D eigenvalue weighted by Gasteiger charge is 2.25. The summed E-state index contributed by atoms with van der Waals surface area (Å²) in [6, 6.07) is 2.41. The summed E-state index contributed by atoms with van der Waals surface area (Å²) in [5.41, 5.74) is 0.720. The van der Waals surface area contributed by atoms with E-state index in [0.29, 0.717) is 6.04 Å². The first-order valence-electron chi connectivity index (χ1n) is 7.21. The number of rotatable bonds is 4. The molecule has 0 bridgehead atoms. The molecule has 1 aliphatic heterocycles. The molecule has 0 spiro atoms. The van der Waals surface area contributed by atoms with E-state index in [1.165, 1.54) is 0 Å². The average Bonchev–Trinajstić information content (AvgIpc) is 2.75. The topological polar surface area (TPSA) is 45.5 Å². The SMILES string of the molecule is CCCNC1CCN(C(=O)c2cc(C)oc2C)CC1. The molecule has 1 N–H and O–H groups in total. The van der Waals surface area contributed by atoms with E-state index in [0.717, 1.165) is 56.0 Å². The van der Waals surface area contributed by atoms with Gasteiger partial charge < -0.3 is 14.6 Å². The molecule has 4 heteroatoms. The number of piperidine rings is 1. The zero-order valence-electron chi connectivity index (χ0n) is 12.2. The standard InChI is InChI=1S/C15H24N2O2/c1-4-7-16-13-5-8-17(9-6-13)15(18)14-10-11(2)19-12(14)3/h10,13,16H,4-9H2,1-3H3. The first-order chi connectivity index (χ1) is 9.11. The van der Waals surface area contributed by atoms with Gasteiger partial charge in [-0.2, -0.15) is 0 Å². The number of hydrogen-bond acceptors (Lipinski definition) is 3. The Bertz CT molecular complexity index is 431. The van der Waals surface area contributed by atoms with E-state index in [4.69, 9.17) is 4.42 Å². The van der Waals surface area contributed by atoms with Crippen LogP contribution < -0.4 is 5.32 Å². The largest absolute Gasteiger partial charge is 0.466 e. The minimum absolute atomic E-state index is 0.114. The van der Waals surface area contributed by atoms with Crippen molar-refractivity contribution >= 4 is 5.91 Å². The fraction of sp³-hybridized carbons (Fsp3) is 0.667. The van der Waals surface area contributed by atoms with Crippen LogP contribution in [0.1, 0.15) is 48.1 Å². The van der Waals surface area contributed by atoms with E-state index >= 15 is 0 Å². The Hall–Kier alpha value is -1.29. The van der Waals surface area contributed by atoms with Crippen molar-refractivity contribution in [2.75, 3.05) is 19.6 Å². The molecule has 1 fully saturated rings. The molecule has 1 aromatic rings. The Labute approximate surface area is 115 Å². The van der Waals surface area contributed by atoms with Crippen molar-refractivity contribution in [3.63, 3.8) is 0 Å².